The molecule has 3 saturated heterocycles. The predicted molar refractivity (Wildman–Crippen MR) is 74.9 cm³/mol. The zero-order valence-corrected chi connectivity index (χ0v) is 13.2. The molecule has 21 heavy (non-hydrogen) atoms. The van der Waals surface area contributed by atoms with Crippen molar-refractivity contribution in [3.8, 4) is 0 Å². The summed E-state index contributed by atoms with van der Waals surface area (Å²) < 4.78 is 53.6. The number of piperidine rings is 2. The molecule has 2 atom stereocenters. The van der Waals surface area contributed by atoms with Crippen molar-refractivity contribution in [1.82, 2.24) is 13.3 Å². The summed E-state index contributed by atoms with van der Waals surface area (Å²) in [7, 11) is -7.53. The molecule has 0 aliphatic carbocycles. The van der Waals surface area contributed by atoms with Crippen molar-refractivity contribution in [3.05, 3.63) is 0 Å². The first-order chi connectivity index (χ1) is 9.84. The highest BCUT2D eigenvalue weighted by Gasteiger charge is 2.54. The Morgan fingerprint density at radius 2 is 1.71 bits per heavy atom. The minimum Gasteiger partial charge on any atom is -0.272 e. The third-order valence-electron chi connectivity index (χ3n) is 4.38. The second kappa shape index (κ2) is 5.18. The maximum Gasteiger partial charge on any atom is 0.282 e. The minimum absolute atomic E-state index is 0.197. The highest BCUT2D eigenvalue weighted by molar-refractivity contribution is 7.91. The molecule has 3 fully saturated rings. The van der Waals surface area contributed by atoms with E-state index in [2.05, 4.69) is 0 Å². The van der Waals surface area contributed by atoms with Crippen molar-refractivity contribution in [2.45, 2.75) is 43.4 Å². The van der Waals surface area contributed by atoms with Gasteiger partial charge in [0.1, 0.15) is 11.3 Å². The summed E-state index contributed by atoms with van der Waals surface area (Å²) >= 11 is 0. The molecule has 0 aromatic rings. The monoisotopic (exact) mass is 337 g/mol. The van der Waals surface area contributed by atoms with Crippen LogP contribution in [0.15, 0.2) is 0 Å². The number of carbonyl (C=O) groups excluding carboxylic acids is 1. The molecule has 3 aliphatic rings. The number of amides is 1. The first-order valence-electron chi connectivity index (χ1n) is 7.16. The smallest absolute Gasteiger partial charge is 0.272 e. The summed E-state index contributed by atoms with van der Waals surface area (Å²) in [6.07, 6.45) is 3.35. The molecular formula is C11H19N3O5S2. The lowest BCUT2D eigenvalue weighted by Crippen LogP contribution is -2.57. The summed E-state index contributed by atoms with van der Waals surface area (Å²) in [5.74, 6) is -0.722. The van der Waals surface area contributed by atoms with E-state index >= 15 is 0 Å². The van der Waals surface area contributed by atoms with Crippen LogP contribution in [0.1, 0.15) is 32.1 Å². The van der Waals surface area contributed by atoms with Crippen LogP contribution in [0.3, 0.4) is 0 Å². The molecule has 0 spiro atoms. The van der Waals surface area contributed by atoms with Gasteiger partial charge >= 0.3 is 0 Å². The van der Waals surface area contributed by atoms with E-state index < -0.39 is 37.4 Å². The van der Waals surface area contributed by atoms with E-state index in [0.717, 1.165) is 23.6 Å². The molecule has 120 valence electrons. The number of fused-ring (bicyclic) bond motifs is 1. The highest BCUT2D eigenvalue weighted by atomic mass is 32.2. The highest BCUT2D eigenvalue weighted by Crippen LogP contribution is 2.31. The third-order valence-corrected chi connectivity index (χ3v) is 8.17. The topological polar surface area (TPSA) is 104 Å². The molecule has 0 saturated carbocycles. The third kappa shape index (κ3) is 2.47. The van der Waals surface area contributed by atoms with Gasteiger partial charge in [-0.3, -0.25) is 9.52 Å². The van der Waals surface area contributed by atoms with Gasteiger partial charge in [-0.1, -0.05) is 6.42 Å². The summed E-state index contributed by atoms with van der Waals surface area (Å²) in [6, 6.07) is -1.12. The molecule has 3 aliphatic heterocycles. The number of nitrogens with zero attached hydrogens (tertiary/aromatic N) is 2. The number of hydrogen-bond acceptors (Lipinski definition) is 5. The Labute approximate surface area is 124 Å². The summed E-state index contributed by atoms with van der Waals surface area (Å²) in [4.78, 5) is 11.9. The lowest BCUT2D eigenvalue weighted by Gasteiger charge is -2.37. The zero-order valence-electron chi connectivity index (χ0n) is 11.6. The van der Waals surface area contributed by atoms with E-state index in [4.69, 9.17) is 0 Å². The molecule has 0 aromatic heterocycles. The van der Waals surface area contributed by atoms with Gasteiger partial charge in [-0.05, 0) is 25.7 Å². The van der Waals surface area contributed by atoms with E-state index in [-0.39, 0.29) is 6.54 Å². The first kappa shape index (κ1) is 15.2. The van der Waals surface area contributed by atoms with Crippen LogP contribution in [0.2, 0.25) is 0 Å². The zero-order chi connectivity index (χ0) is 15.3. The SMILES string of the molecule is O=C1NS(=O)(=O)C2CCCN(S(=O)(=O)N3CCCCC3)C12. The quantitative estimate of drug-likeness (QED) is 0.697. The Morgan fingerprint density at radius 3 is 2.38 bits per heavy atom. The molecular weight excluding hydrogens is 318 g/mol. The molecule has 3 heterocycles. The number of carbonyl (C=O) groups is 1. The van der Waals surface area contributed by atoms with Crippen molar-refractivity contribution in [2.75, 3.05) is 19.6 Å². The summed E-state index contributed by atoms with van der Waals surface area (Å²) in [6.45, 7) is 1.07. The standard InChI is InChI=1S/C11H19N3O5S2/c15-11-10-9(20(16,17)12-11)5-4-8-14(10)21(18,19)13-6-2-1-3-7-13/h9-10H,1-8H2,(H,12,15). The summed E-state index contributed by atoms with van der Waals surface area (Å²) in [5, 5.41) is -0.960. The van der Waals surface area contributed by atoms with Crippen LogP contribution in [0, 0.1) is 0 Å². The van der Waals surface area contributed by atoms with Crippen LogP contribution in [-0.2, 0) is 25.0 Å². The van der Waals surface area contributed by atoms with Crippen LogP contribution >= 0.6 is 0 Å². The van der Waals surface area contributed by atoms with Gasteiger partial charge in [-0.25, -0.2) is 8.42 Å². The van der Waals surface area contributed by atoms with Crippen molar-refractivity contribution in [1.29, 1.82) is 0 Å². The van der Waals surface area contributed by atoms with Crippen molar-refractivity contribution < 1.29 is 21.6 Å². The molecule has 1 amide bonds. The molecule has 2 unspecified atom stereocenters. The molecule has 8 nitrogen and oxygen atoms in total. The lowest BCUT2D eigenvalue weighted by atomic mass is 10.0. The van der Waals surface area contributed by atoms with Crippen LogP contribution in [-0.4, -0.2) is 62.3 Å². The second-order valence-corrected chi connectivity index (χ2v) is 9.50. The number of rotatable bonds is 2. The Balaban J connectivity index is 1.92. The van der Waals surface area contributed by atoms with Gasteiger partial charge in [0.05, 0.1) is 0 Å². The molecule has 0 bridgehead atoms. The number of hydrogen-bond donors (Lipinski definition) is 1. The van der Waals surface area contributed by atoms with E-state index in [0.29, 0.717) is 25.9 Å². The van der Waals surface area contributed by atoms with Crippen LogP contribution in [0.4, 0.5) is 0 Å². The van der Waals surface area contributed by atoms with Gasteiger partial charge in [0.15, 0.2) is 0 Å². The molecule has 0 aromatic carbocycles. The number of nitrogens with one attached hydrogen (secondary N) is 1. The van der Waals surface area contributed by atoms with Crippen LogP contribution in [0.25, 0.3) is 0 Å². The van der Waals surface area contributed by atoms with Crippen molar-refractivity contribution in [2.24, 2.45) is 0 Å². The lowest BCUT2D eigenvalue weighted by molar-refractivity contribution is -0.122. The minimum atomic E-state index is -3.78. The maximum absolute atomic E-state index is 12.7. The van der Waals surface area contributed by atoms with Gasteiger partial charge in [0.2, 0.25) is 10.0 Å². The molecule has 10 heteroatoms. The van der Waals surface area contributed by atoms with Gasteiger partial charge in [-0.15, -0.1) is 0 Å². The first-order valence-corrected chi connectivity index (χ1v) is 10.1. The molecule has 1 N–H and O–H groups in total. The van der Waals surface area contributed by atoms with Crippen LogP contribution in [0.5, 0.6) is 0 Å². The average molecular weight is 337 g/mol. The fraction of sp³-hybridized carbons (Fsp3) is 0.909. The van der Waals surface area contributed by atoms with E-state index in [1.54, 1.807) is 0 Å². The fourth-order valence-electron chi connectivity index (χ4n) is 3.33. The average Bonchev–Trinajstić information content (AvgIpc) is 2.70. The Hall–Kier alpha value is -0.710. The van der Waals surface area contributed by atoms with Crippen molar-refractivity contribution >= 4 is 26.1 Å². The number of sulfonamides is 1. The van der Waals surface area contributed by atoms with E-state index in [1.807, 2.05) is 4.72 Å². The maximum atomic E-state index is 12.7. The van der Waals surface area contributed by atoms with Gasteiger partial charge in [0, 0.05) is 19.6 Å². The van der Waals surface area contributed by atoms with E-state index in [9.17, 15) is 21.6 Å². The second-order valence-electron chi connectivity index (χ2n) is 5.72. The Bertz CT molecular complexity index is 639. The van der Waals surface area contributed by atoms with Gasteiger partial charge < -0.3 is 0 Å². The largest absolute Gasteiger partial charge is 0.282 e. The molecule has 3 rings (SSSR count). The summed E-state index contributed by atoms with van der Waals surface area (Å²) in [5.41, 5.74) is 0. The predicted octanol–water partition coefficient (Wildman–Crippen LogP) is -0.990. The molecule has 0 radical (unpaired) electrons. The Kier molecular flexibility index (Phi) is 3.75. The Morgan fingerprint density at radius 1 is 1.05 bits per heavy atom. The van der Waals surface area contributed by atoms with Gasteiger partial charge in [0.25, 0.3) is 16.1 Å². The van der Waals surface area contributed by atoms with Gasteiger partial charge in [-0.2, -0.15) is 17.0 Å². The normalized spacial score (nSPS) is 34.4. The van der Waals surface area contributed by atoms with Crippen LogP contribution < -0.4 is 4.72 Å². The van der Waals surface area contributed by atoms with Crippen molar-refractivity contribution in [3.63, 3.8) is 0 Å². The fourth-order valence-corrected chi connectivity index (χ4v) is 6.96. The van der Waals surface area contributed by atoms with E-state index in [1.165, 1.54) is 4.31 Å².